The molecule has 258 valence electrons. The Morgan fingerprint density at radius 1 is 0.875 bits per heavy atom. The molecular formula is C36H47N5O6S. The Balaban J connectivity index is 1.25. The van der Waals surface area contributed by atoms with E-state index in [1.54, 1.807) is 18.2 Å². The van der Waals surface area contributed by atoms with Crippen molar-refractivity contribution < 1.29 is 27.5 Å². The van der Waals surface area contributed by atoms with E-state index in [4.69, 9.17) is 15.2 Å². The second-order valence-electron chi connectivity index (χ2n) is 14.7. The van der Waals surface area contributed by atoms with Gasteiger partial charge in [-0.05, 0) is 115 Å². The molecule has 5 rings (SSSR count). The maximum Gasteiger partial charge on any atom is 0.410 e. The van der Waals surface area contributed by atoms with Gasteiger partial charge in [0.1, 0.15) is 21.9 Å². The van der Waals surface area contributed by atoms with Crippen LogP contribution in [-0.2, 0) is 19.5 Å². The van der Waals surface area contributed by atoms with Crippen LogP contribution >= 0.6 is 0 Å². The minimum absolute atomic E-state index is 0.00246. The monoisotopic (exact) mass is 677 g/mol. The predicted molar refractivity (Wildman–Crippen MR) is 186 cm³/mol. The van der Waals surface area contributed by atoms with Crippen molar-refractivity contribution in [3.8, 4) is 11.1 Å². The Kier molecular flexibility index (Phi) is 9.96. The van der Waals surface area contributed by atoms with Crippen molar-refractivity contribution >= 4 is 33.7 Å². The van der Waals surface area contributed by atoms with Gasteiger partial charge in [-0.15, -0.1) is 0 Å². The first-order chi connectivity index (χ1) is 22.5. The fourth-order valence-corrected chi connectivity index (χ4v) is 7.13. The van der Waals surface area contributed by atoms with Gasteiger partial charge < -0.3 is 25.4 Å². The summed E-state index contributed by atoms with van der Waals surface area (Å²) in [4.78, 5) is 31.7. The van der Waals surface area contributed by atoms with Crippen LogP contribution in [0.3, 0.4) is 0 Å². The number of carbonyl (C=O) groups excluding carboxylic acids is 2. The molecule has 1 heterocycles. The first-order valence-electron chi connectivity index (χ1n) is 16.4. The molecule has 12 heteroatoms. The second-order valence-corrected chi connectivity index (χ2v) is 16.4. The summed E-state index contributed by atoms with van der Waals surface area (Å²) in [6, 6.07) is 18.3. The zero-order valence-electron chi connectivity index (χ0n) is 28.5. The first-order valence-corrected chi connectivity index (χ1v) is 17.9. The molecule has 3 aromatic rings. The van der Waals surface area contributed by atoms with Gasteiger partial charge in [0.15, 0.2) is 0 Å². The van der Waals surface area contributed by atoms with Crippen molar-refractivity contribution in [3.63, 3.8) is 0 Å². The third-order valence-electron chi connectivity index (χ3n) is 8.39. The third-order valence-corrected chi connectivity index (χ3v) is 9.75. The number of nitrogens with zero attached hydrogens (tertiary/aromatic N) is 2. The summed E-state index contributed by atoms with van der Waals surface area (Å²) in [5.41, 5.74) is 7.77. The third kappa shape index (κ3) is 9.18. The average Bonchev–Trinajstić information content (AvgIpc) is 3.77. The number of carbonyl (C=O) groups is 2. The van der Waals surface area contributed by atoms with Crippen LogP contribution in [0.25, 0.3) is 11.1 Å². The van der Waals surface area contributed by atoms with Crippen LogP contribution in [0, 0.1) is 0 Å². The van der Waals surface area contributed by atoms with Crippen molar-refractivity contribution in [2.45, 2.75) is 114 Å². The van der Waals surface area contributed by atoms with E-state index >= 15 is 0 Å². The fourth-order valence-electron chi connectivity index (χ4n) is 6.14. The first kappa shape index (κ1) is 35.0. The zero-order valence-corrected chi connectivity index (χ0v) is 29.3. The molecule has 0 radical (unpaired) electrons. The van der Waals surface area contributed by atoms with Crippen LogP contribution in [0.4, 0.5) is 21.1 Å². The van der Waals surface area contributed by atoms with E-state index in [9.17, 15) is 18.0 Å². The Labute approximate surface area is 283 Å². The minimum Gasteiger partial charge on any atom is -0.444 e. The molecule has 0 spiro atoms. The number of pyridine rings is 1. The van der Waals surface area contributed by atoms with Crippen LogP contribution in [0.2, 0.25) is 0 Å². The molecule has 2 fully saturated rings. The number of sulfonamides is 1. The zero-order chi connectivity index (χ0) is 34.9. The summed E-state index contributed by atoms with van der Waals surface area (Å²) in [6.45, 7) is 11.2. The molecule has 4 N–H and O–H groups in total. The lowest BCUT2D eigenvalue weighted by Gasteiger charge is -2.38. The Morgan fingerprint density at radius 2 is 1.54 bits per heavy atom. The van der Waals surface area contributed by atoms with E-state index in [0.717, 1.165) is 48.8 Å². The molecule has 0 unspecified atom stereocenters. The minimum atomic E-state index is -3.83. The van der Waals surface area contributed by atoms with Gasteiger partial charge in [0.05, 0.1) is 0 Å². The van der Waals surface area contributed by atoms with Gasteiger partial charge in [-0.3, -0.25) is 4.72 Å². The predicted octanol–water partition coefficient (Wildman–Crippen LogP) is 7.06. The number of ether oxygens (including phenoxy) is 2. The van der Waals surface area contributed by atoms with Gasteiger partial charge in [-0.1, -0.05) is 36.4 Å². The van der Waals surface area contributed by atoms with E-state index in [1.165, 1.54) is 18.3 Å². The van der Waals surface area contributed by atoms with Gasteiger partial charge in [0.25, 0.3) is 10.0 Å². The molecule has 2 amide bonds. The summed E-state index contributed by atoms with van der Waals surface area (Å²) in [6.07, 6.45) is 4.38. The smallest absolute Gasteiger partial charge is 0.410 e. The van der Waals surface area contributed by atoms with E-state index < -0.39 is 27.3 Å². The van der Waals surface area contributed by atoms with E-state index in [0.29, 0.717) is 5.69 Å². The van der Waals surface area contributed by atoms with E-state index in [1.807, 2.05) is 64.6 Å². The van der Waals surface area contributed by atoms with Crippen molar-refractivity contribution in [3.05, 3.63) is 72.4 Å². The SMILES string of the molecule is CC(C)(C)OC(=O)NC1CCC(N(C(=O)OC(C)(C)C)[C@@H]2C[C@H]2c2ccc(-c3cccc(NS(=O)(=O)c4ccc(N)nc4)c3)cc2)CC1. The van der Waals surface area contributed by atoms with Crippen LogP contribution in [0.15, 0.2) is 71.8 Å². The van der Waals surface area contributed by atoms with E-state index in [2.05, 4.69) is 27.2 Å². The number of hydrogen-bond acceptors (Lipinski definition) is 8. The van der Waals surface area contributed by atoms with Gasteiger partial charge in [-0.2, -0.15) is 0 Å². The lowest BCUT2D eigenvalue weighted by molar-refractivity contribution is 0.00743. The number of aromatic nitrogens is 1. The van der Waals surface area contributed by atoms with Crippen molar-refractivity contribution in [1.82, 2.24) is 15.2 Å². The number of hydrogen-bond donors (Lipinski definition) is 3. The molecule has 2 aliphatic carbocycles. The summed E-state index contributed by atoms with van der Waals surface area (Å²) in [5, 5.41) is 2.99. The Hall–Kier alpha value is -4.32. The number of anilines is 2. The fraction of sp³-hybridized carbons (Fsp3) is 0.472. The van der Waals surface area contributed by atoms with Crippen LogP contribution in [0.1, 0.15) is 85.1 Å². The maximum atomic E-state index is 13.6. The van der Waals surface area contributed by atoms with Gasteiger partial charge in [-0.25, -0.2) is 23.0 Å². The van der Waals surface area contributed by atoms with Crippen LogP contribution in [0.5, 0.6) is 0 Å². The molecule has 2 atom stereocenters. The van der Waals surface area contributed by atoms with Crippen molar-refractivity contribution in [1.29, 1.82) is 0 Å². The number of nitrogen functional groups attached to an aromatic ring is 1. The number of nitrogens with one attached hydrogen (secondary N) is 2. The molecule has 2 saturated carbocycles. The van der Waals surface area contributed by atoms with E-state index in [-0.39, 0.29) is 40.9 Å². The molecule has 0 aliphatic heterocycles. The highest BCUT2D eigenvalue weighted by Crippen LogP contribution is 2.47. The topological polar surface area (TPSA) is 153 Å². The number of benzene rings is 2. The summed E-state index contributed by atoms with van der Waals surface area (Å²) >= 11 is 0. The number of rotatable bonds is 8. The average molecular weight is 678 g/mol. The lowest BCUT2D eigenvalue weighted by Crippen LogP contribution is -2.49. The highest BCUT2D eigenvalue weighted by Gasteiger charge is 2.49. The summed E-state index contributed by atoms with van der Waals surface area (Å²) in [5.74, 6) is 0.419. The number of amides is 2. The Morgan fingerprint density at radius 3 is 2.15 bits per heavy atom. The molecule has 0 bridgehead atoms. The highest BCUT2D eigenvalue weighted by molar-refractivity contribution is 7.92. The van der Waals surface area contributed by atoms with Crippen molar-refractivity contribution in [2.24, 2.45) is 0 Å². The molecule has 2 aromatic carbocycles. The van der Waals surface area contributed by atoms with Crippen LogP contribution < -0.4 is 15.8 Å². The number of nitrogens with two attached hydrogens (primary N) is 1. The molecular weight excluding hydrogens is 630 g/mol. The maximum absolute atomic E-state index is 13.6. The lowest BCUT2D eigenvalue weighted by atomic mass is 9.90. The Bertz CT molecular complexity index is 1710. The molecule has 1 aromatic heterocycles. The normalized spacial score (nSPS) is 21.1. The molecule has 48 heavy (non-hydrogen) atoms. The summed E-state index contributed by atoms with van der Waals surface area (Å²) < 4.78 is 39.7. The second kappa shape index (κ2) is 13.7. The number of alkyl carbamates (subject to hydrolysis) is 1. The van der Waals surface area contributed by atoms with Gasteiger partial charge in [0, 0.05) is 35.9 Å². The largest absolute Gasteiger partial charge is 0.444 e. The molecule has 0 saturated heterocycles. The van der Waals surface area contributed by atoms with Gasteiger partial charge in [0.2, 0.25) is 0 Å². The molecule has 2 aliphatic rings. The quantitative estimate of drug-likeness (QED) is 0.229. The highest BCUT2D eigenvalue weighted by atomic mass is 32.2. The molecule has 11 nitrogen and oxygen atoms in total. The van der Waals surface area contributed by atoms with Gasteiger partial charge >= 0.3 is 12.2 Å². The van der Waals surface area contributed by atoms with Crippen molar-refractivity contribution in [2.75, 3.05) is 10.5 Å². The summed E-state index contributed by atoms with van der Waals surface area (Å²) in [7, 11) is -3.83. The van der Waals surface area contributed by atoms with Crippen LogP contribution in [-0.4, -0.2) is 59.8 Å². The standard InChI is InChI=1S/C36H47N5O6S/c1-35(2,3)46-33(42)39-26-14-16-28(17-15-26)41(34(43)47-36(4,5)6)31-21-30(31)24-12-10-23(11-13-24)25-8-7-9-27(20-25)40-48(44,45)29-18-19-32(37)38-22-29/h7-13,18-20,22,26,28,30-31,40H,14-17,21H2,1-6H3,(H2,37,38)(H,39,42)/t26?,28?,30-,31+/m0/s1.